The number of methoxy groups -OCH3 is 1. The topological polar surface area (TPSA) is 61.8 Å². The molecule has 1 aliphatic rings. The summed E-state index contributed by atoms with van der Waals surface area (Å²) in [5.74, 6) is -0.677. The van der Waals surface area contributed by atoms with Gasteiger partial charge in [0.2, 0.25) is 0 Å². The highest BCUT2D eigenvalue weighted by molar-refractivity contribution is 5.70. The van der Waals surface area contributed by atoms with Gasteiger partial charge in [0.15, 0.2) is 0 Å². The molecule has 1 unspecified atom stereocenters. The van der Waals surface area contributed by atoms with Crippen LogP contribution < -0.4 is 0 Å². The van der Waals surface area contributed by atoms with E-state index in [9.17, 15) is 9.59 Å². The number of carbonyl (C=O) groups excluding carboxylic acids is 2. The van der Waals surface area contributed by atoms with Gasteiger partial charge in [0.1, 0.15) is 6.10 Å². The van der Waals surface area contributed by atoms with Crippen LogP contribution in [0.1, 0.15) is 20.3 Å². The standard InChI is InChI=1S/C11H16O5/c1-7-10(16-8(2)12)5-4-9(15-7)6-11(13)14-3/h4-5,7,9-10H,6H2,1-3H3/t7-,9?,10+/m1/s1. The quantitative estimate of drug-likeness (QED) is 0.528. The molecule has 5 nitrogen and oxygen atoms in total. The van der Waals surface area contributed by atoms with Gasteiger partial charge < -0.3 is 14.2 Å². The van der Waals surface area contributed by atoms with Crippen LogP contribution in [0, 0.1) is 0 Å². The summed E-state index contributed by atoms with van der Waals surface area (Å²) >= 11 is 0. The van der Waals surface area contributed by atoms with E-state index < -0.39 is 0 Å². The van der Waals surface area contributed by atoms with Crippen molar-refractivity contribution in [3.63, 3.8) is 0 Å². The molecule has 0 fully saturated rings. The molecule has 0 bridgehead atoms. The van der Waals surface area contributed by atoms with Crippen LogP contribution in [-0.4, -0.2) is 37.4 Å². The summed E-state index contributed by atoms with van der Waals surface area (Å²) in [5.41, 5.74) is 0. The zero-order valence-corrected chi connectivity index (χ0v) is 9.64. The highest BCUT2D eigenvalue weighted by Gasteiger charge is 2.27. The third-order valence-electron chi connectivity index (χ3n) is 2.27. The highest BCUT2D eigenvalue weighted by Crippen LogP contribution is 2.18. The molecule has 0 aromatic heterocycles. The predicted molar refractivity (Wildman–Crippen MR) is 55.7 cm³/mol. The van der Waals surface area contributed by atoms with Crippen molar-refractivity contribution >= 4 is 11.9 Å². The molecule has 16 heavy (non-hydrogen) atoms. The molecule has 0 saturated carbocycles. The maximum Gasteiger partial charge on any atom is 0.308 e. The van der Waals surface area contributed by atoms with Crippen molar-refractivity contribution < 1.29 is 23.8 Å². The van der Waals surface area contributed by atoms with Gasteiger partial charge in [0.25, 0.3) is 0 Å². The molecular weight excluding hydrogens is 212 g/mol. The van der Waals surface area contributed by atoms with Crippen LogP contribution in [-0.2, 0) is 23.8 Å². The van der Waals surface area contributed by atoms with Crippen LogP contribution in [0.2, 0.25) is 0 Å². The molecule has 0 amide bonds. The van der Waals surface area contributed by atoms with E-state index in [2.05, 4.69) is 4.74 Å². The van der Waals surface area contributed by atoms with Gasteiger partial charge in [-0.2, -0.15) is 0 Å². The first-order valence-electron chi connectivity index (χ1n) is 5.10. The van der Waals surface area contributed by atoms with Crippen molar-refractivity contribution in [2.75, 3.05) is 7.11 Å². The van der Waals surface area contributed by atoms with E-state index in [1.807, 2.05) is 0 Å². The number of carbonyl (C=O) groups is 2. The molecule has 0 aromatic rings. The second-order valence-electron chi connectivity index (χ2n) is 3.62. The number of esters is 2. The lowest BCUT2D eigenvalue weighted by molar-refractivity contribution is -0.156. The highest BCUT2D eigenvalue weighted by atomic mass is 16.6. The summed E-state index contributed by atoms with van der Waals surface area (Å²) in [6, 6.07) is 0. The van der Waals surface area contributed by atoms with Crippen molar-refractivity contribution in [1.29, 1.82) is 0 Å². The predicted octanol–water partition coefficient (Wildman–Crippen LogP) is 0.825. The van der Waals surface area contributed by atoms with Gasteiger partial charge in [0.05, 0.1) is 25.7 Å². The van der Waals surface area contributed by atoms with Crippen LogP contribution in [0.15, 0.2) is 12.2 Å². The molecule has 5 heteroatoms. The van der Waals surface area contributed by atoms with Crippen molar-refractivity contribution in [1.82, 2.24) is 0 Å². The van der Waals surface area contributed by atoms with E-state index in [0.717, 1.165) is 0 Å². The fraction of sp³-hybridized carbons (Fsp3) is 0.636. The fourth-order valence-corrected chi connectivity index (χ4v) is 1.48. The van der Waals surface area contributed by atoms with E-state index in [4.69, 9.17) is 9.47 Å². The minimum atomic E-state index is -0.383. The molecule has 0 saturated heterocycles. The lowest BCUT2D eigenvalue weighted by Gasteiger charge is -2.28. The third kappa shape index (κ3) is 3.66. The smallest absolute Gasteiger partial charge is 0.308 e. The Hall–Kier alpha value is -1.36. The van der Waals surface area contributed by atoms with Crippen molar-refractivity contribution in [2.24, 2.45) is 0 Å². The van der Waals surface area contributed by atoms with Crippen molar-refractivity contribution in [3.8, 4) is 0 Å². The second kappa shape index (κ2) is 5.65. The summed E-state index contributed by atoms with van der Waals surface area (Å²) in [6.07, 6.45) is 2.67. The Bertz CT molecular complexity index is 297. The van der Waals surface area contributed by atoms with E-state index in [1.54, 1.807) is 19.1 Å². The second-order valence-corrected chi connectivity index (χ2v) is 3.62. The van der Waals surface area contributed by atoms with Gasteiger partial charge in [-0.3, -0.25) is 9.59 Å². The van der Waals surface area contributed by atoms with E-state index in [-0.39, 0.29) is 36.7 Å². The Morgan fingerprint density at radius 2 is 2.06 bits per heavy atom. The molecule has 0 spiro atoms. The molecule has 90 valence electrons. The van der Waals surface area contributed by atoms with Gasteiger partial charge in [-0.15, -0.1) is 0 Å². The average Bonchev–Trinajstić information content (AvgIpc) is 2.21. The average molecular weight is 228 g/mol. The molecule has 1 rings (SSSR count). The van der Waals surface area contributed by atoms with E-state index in [0.29, 0.717) is 0 Å². The number of rotatable bonds is 3. The summed E-state index contributed by atoms with van der Waals surface area (Å²) < 4.78 is 15.1. The molecule has 0 radical (unpaired) electrons. The minimum Gasteiger partial charge on any atom is -0.469 e. The molecular formula is C11H16O5. The van der Waals surface area contributed by atoms with Crippen LogP contribution >= 0.6 is 0 Å². The van der Waals surface area contributed by atoms with Crippen LogP contribution in [0.3, 0.4) is 0 Å². The van der Waals surface area contributed by atoms with Crippen molar-refractivity contribution in [2.45, 2.75) is 38.6 Å². The summed E-state index contributed by atoms with van der Waals surface area (Å²) in [6.45, 7) is 3.14. The summed E-state index contributed by atoms with van der Waals surface area (Å²) in [5, 5.41) is 0. The van der Waals surface area contributed by atoms with Gasteiger partial charge >= 0.3 is 11.9 Å². The summed E-state index contributed by atoms with van der Waals surface area (Å²) in [4.78, 5) is 21.8. The van der Waals surface area contributed by atoms with Crippen LogP contribution in [0.4, 0.5) is 0 Å². The molecule has 3 atom stereocenters. The molecule has 1 aliphatic heterocycles. The lowest BCUT2D eigenvalue weighted by atomic mass is 10.1. The van der Waals surface area contributed by atoms with Gasteiger partial charge in [-0.25, -0.2) is 0 Å². The maximum atomic E-state index is 11.0. The third-order valence-corrected chi connectivity index (χ3v) is 2.27. The number of ether oxygens (including phenoxy) is 3. The minimum absolute atomic E-state index is 0.171. The molecule has 0 aromatic carbocycles. The molecule has 1 heterocycles. The summed E-state index contributed by atoms with van der Waals surface area (Å²) in [7, 11) is 1.33. The Labute approximate surface area is 94.4 Å². The Kier molecular flexibility index (Phi) is 4.49. The van der Waals surface area contributed by atoms with Crippen LogP contribution in [0.25, 0.3) is 0 Å². The van der Waals surface area contributed by atoms with E-state index >= 15 is 0 Å². The SMILES string of the molecule is COC(=O)CC1C=C[C@H](OC(C)=O)[C@@H](C)O1. The van der Waals surface area contributed by atoms with Gasteiger partial charge in [-0.1, -0.05) is 6.08 Å². The largest absolute Gasteiger partial charge is 0.469 e. The zero-order chi connectivity index (χ0) is 12.1. The Morgan fingerprint density at radius 3 is 2.56 bits per heavy atom. The lowest BCUT2D eigenvalue weighted by Crippen LogP contribution is -2.36. The van der Waals surface area contributed by atoms with Gasteiger partial charge in [-0.05, 0) is 13.0 Å². The molecule has 0 aliphatic carbocycles. The first-order valence-corrected chi connectivity index (χ1v) is 5.10. The first kappa shape index (κ1) is 12.7. The molecule has 0 N–H and O–H groups in total. The van der Waals surface area contributed by atoms with Crippen LogP contribution in [0.5, 0.6) is 0 Å². The Balaban J connectivity index is 2.52. The first-order chi connectivity index (χ1) is 7.52. The normalized spacial score (nSPS) is 28.6. The maximum absolute atomic E-state index is 11.0. The zero-order valence-electron chi connectivity index (χ0n) is 9.64. The monoisotopic (exact) mass is 228 g/mol. The fourth-order valence-electron chi connectivity index (χ4n) is 1.48. The van der Waals surface area contributed by atoms with Crippen molar-refractivity contribution in [3.05, 3.63) is 12.2 Å². The van der Waals surface area contributed by atoms with E-state index in [1.165, 1.54) is 14.0 Å². The van der Waals surface area contributed by atoms with Gasteiger partial charge in [0, 0.05) is 6.92 Å². The number of hydrogen-bond acceptors (Lipinski definition) is 5. The Morgan fingerprint density at radius 1 is 1.38 bits per heavy atom. The number of hydrogen-bond donors (Lipinski definition) is 0.